The lowest BCUT2D eigenvalue weighted by Gasteiger charge is -2.15. The summed E-state index contributed by atoms with van der Waals surface area (Å²) in [5.41, 5.74) is 5.17. The van der Waals surface area contributed by atoms with Crippen molar-refractivity contribution in [3.63, 3.8) is 0 Å². The molecule has 0 spiro atoms. The Morgan fingerprint density at radius 3 is 2.65 bits per heavy atom. The number of hydrogen-bond acceptors (Lipinski definition) is 1. The van der Waals surface area contributed by atoms with Gasteiger partial charge in [0.1, 0.15) is 0 Å². The quantitative estimate of drug-likeness (QED) is 0.721. The third-order valence-electron chi connectivity index (χ3n) is 3.85. The maximum Gasteiger partial charge on any atom is 0.0499 e. The van der Waals surface area contributed by atoms with Crippen LogP contribution in [0.3, 0.4) is 0 Å². The molecule has 2 N–H and O–H groups in total. The van der Waals surface area contributed by atoms with Gasteiger partial charge in [0.15, 0.2) is 0 Å². The average molecular weight is 264 g/mol. The number of fused-ring (bicyclic) bond motifs is 1. The van der Waals surface area contributed by atoms with Crippen molar-refractivity contribution in [3.05, 3.63) is 71.4 Å². The molecule has 0 saturated heterocycles. The Morgan fingerprint density at radius 1 is 1.05 bits per heavy atom. The largest absolute Gasteiger partial charge is 0.361 e. The van der Waals surface area contributed by atoms with Crippen LogP contribution in [-0.4, -0.2) is 4.98 Å². The number of nitrogens with one attached hydrogen (secondary N) is 2. The van der Waals surface area contributed by atoms with Gasteiger partial charge in [0.2, 0.25) is 0 Å². The molecule has 2 nitrogen and oxygen atoms in total. The summed E-state index contributed by atoms with van der Waals surface area (Å²) in [4.78, 5) is 3.32. The number of benzene rings is 2. The Morgan fingerprint density at radius 2 is 1.85 bits per heavy atom. The second-order valence-electron chi connectivity index (χ2n) is 5.37. The molecule has 3 rings (SSSR count). The van der Waals surface area contributed by atoms with Crippen LogP contribution in [0.25, 0.3) is 10.9 Å². The van der Waals surface area contributed by atoms with E-state index in [9.17, 15) is 0 Å². The van der Waals surface area contributed by atoms with Crippen LogP contribution in [0, 0.1) is 6.92 Å². The van der Waals surface area contributed by atoms with Gasteiger partial charge in [-0.15, -0.1) is 0 Å². The predicted octanol–water partition coefficient (Wildman–Crippen LogP) is 4.33. The monoisotopic (exact) mass is 264 g/mol. The summed E-state index contributed by atoms with van der Waals surface area (Å²) < 4.78 is 0. The molecule has 102 valence electrons. The van der Waals surface area contributed by atoms with Gasteiger partial charge in [-0.3, -0.25) is 0 Å². The summed E-state index contributed by atoms with van der Waals surface area (Å²) in [6.45, 7) is 5.19. The first-order valence-electron chi connectivity index (χ1n) is 7.09. The van der Waals surface area contributed by atoms with Crippen LogP contribution >= 0.6 is 0 Å². The highest BCUT2D eigenvalue weighted by molar-refractivity contribution is 5.82. The predicted molar refractivity (Wildman–Crippen MR) is 84.7 cm³/mol. The fourth-order valence-electron chi connectivity index (χ4n) is 2.53. The minimum absolute atomic E-state index is 0.348. The van der Waals surface area contributed by atoms with Crippen LogP contribution in [0.1, 0.15) is 29.7 Å². The van der Waals surface area contributed by atoms with Gasteiger partial charge >= 0.3 is 0 Å². The maximum absolute atomic E-state index is 3.60. The molecule has 1 aromatic heterocycles. The Labute approximate surface area is 119 Å². The van der Waals surface area contributed by atoms with E-state index < -0.39 is 0 Å². The molecule has 0 saturated carbocycles. The molecule has 0 bridgehead atoms. The molecule has 3 aromatic rings. The van der Waals surface area contributed by atoms with Crippen molar-refractivity contribution in [1.29, 1.82) is 0 Å². The first kappa shape index (κ1) is 12.9. The van der Waals surface area contributed by atoms with E-state index in [-0.39, 0.29) is 0 Å². The highest BCUT2D eigenvalue weighted by Crippen LogP contribution is 2.19. The van der Waals surface area contributed by atoms with Gasteiger partial charge in [-0.2, -0.15) is 0 Å². The van der Waals surface area contributed by atoms with Gasteiger partial charge < -0.3 is 10.3 Å². The van der Waals surface area contributed by atoms with Crippen LogP contribution in [0.5, 0.6) is 0 Å². The van der Waals surface area contributed by atoms with Crippen LogP contribution in [0.2, 0.25) is 0 Å². The highest BCUT2D eigenvalue weighted by atomic mass is 14.9. The summed E-state index contributed by atoms with van der Waals surface area (Å²) in [7, 11) is 0. The molecule has 0 aliphatic heterocycles. The molecule has 0 unspecified atom stereocenters. The molecule has 0 fully saturated rings. The van der Waals surface area contributed by atoms with Crippen molar-refractivity contribution < 1.29 is 0 Å². The van der Waals surface area contributed by atoms with Gasteiger partial charge in [-0.25, -0.2) is 0 Å². The van der Waals surface area contributed by atoms with Crippen molar-refractivity contribution >= 4 is 10.9 Å². The Bertz CT molecular complexity index is 695. The number of aromatic nitrogens is 1. The van der Waals surface area contributed by atoms with E-state index in [0.29, 0.717) is 6.04 Å². The van der Waals surface area contributed by atoms with Gasteiger partial charge in [-0.1, -0.05) is 48.0 Å². The first-order valence-corrected chi connectivity index (χ1v) is 7.09. The SMILES string of the molecule is Cc1ccc([C@H](C)NCc2cccc3cc[nH]c23)cc1. The number of para-hydroxylation sites is 1. The summed E-state index contributed by atoms with van der Waals surface area (Å²) >= 11 is 0. The standard InChI is InChI=1S/C18H20N2/c1-13-6-8-15(9-7-13)14(2)20-12-17-5-3-4-16-10-11-19-18(16)17/h3-11,14,19-20H,12H2,1-2H3/t14-/m0/s1. The smallest absolute Gasteiger partial charge is 0.0499 e. The van der Waals surface area contributed by atoms with Crippen molar-refractivity contribution in [3.8, 4) is 0 Å². The lowest BCUT2D eigenvalue weighted by atomic mass is 10.1. The van der Waals surface area contributed by atoms with Crippen molar-refractivity contribution in [2.24, 2.45) is 0 Å². The summed E-state index contributed by atoms with van der Waals surface area (Å²) in [6, 6.07) is 17.6. The Kier molecular flexibility index (Phi) is 3.57. The molecule has 1 atom stereocenters. The molecule has 0 amide bonds. The van der Waals surface area contributed by atoms with E-state index in [1.54, 1.807) is 0 Å². The maximum atomic E-state index is 3.60. The van der Waals surface area contributed by atoms with Gasteiger partial charge in [0.25, 0.3) is 0 Å². The number of H-pyrrole nitrogens is 1. The zero-order valence-electron chi connectivity index (χ0n) is 12.0. The van der Waals surface area contributed by atoms with E-state index in [1.807, 2.05) is 6.20 Å². The van der Waals surface area contributed by atoms with Crippen LogP contribution in [0.4, 0.5) is 0 Å². The second-order valence-corrected chi connectivity index (χ2v) is 5.37. The van der Waals surface area contributed by atoms with Crippen LogP contribution < -0.4 is 5.32 Å². The average Bonchev–Trinajstić information content (AvgIpc) is 2.94. The van der Waals surface area contributed by atoms with Crippen molar-refractivity contribution in [2.45, 2.75) is 26.4 Å². The van der Waals surface area contributed by atoms with E-state index >= 15 is 0 Å². The molecular weight excluding hydrogens is 244 g/mol. The zero-order chi connectivity index (χ0) is 13.9. The third-order valence-corrected chi connectivity index (χ3v) is 3.85. The number of aryl methyl sites for hydroxylation is 1. The first-order chi connectivity index (χ1) is 9.74. The normalized spacial score (nSPS) is 12.7. The van der Waals surface area contributed by atoms with Crippen molar-refractivity contribution in [2.75, 3.05) is 0 Å². The molecular formula is C18H20N2. The van der Waals surface area contributed by atoms with E-state index in [0.717, 1.165) is 6.54 Å². The van der Waals surface area contributed by atoms with Crippen LogP contribution in [-0.2, 0) is 6.54 Å². The van der Waals surface area contributed by atoms with Crippen LogP contribution in [0.15, 0.2) is 54.7 Å². The molecule has 20 heavy (non-hydrogen) atoms. The topological polar surface area (TPSA) is 27.8 Å². The Balaban J connectivity index is 1.73. The summed E-state index contributed by atoms with van der Waals surface area (Å²) in [5.74, 6) is 0. The fraction of sp³-hybridized carbons (Fsp3) is 0.222. The second kappa shape index (κ2) is 5.51. The summed E-state index contributed by atoms with van der Waals surface area (Å²) in [5, 5.41) is 4.87. The highest BCUT2D eigenvalue weighted by Gasteiger charge is 2.06. The molecule has 1 heterocycles. The lowest BCUT2D eigenvalue weighted by molar-refractivity contribution is 0.576. The number of aromatic amines is 1. The van der Waals surface area contributed by atoms with Crippen molar-refractivity contribution in [1.82, 2.24) is 10.3 Å². The van der Waals surface area contributed by atoms with E-state index in [4.69, 9.17) is 0 Å². The number of rotatable bonds is 4. The van der Waals surface area contributed by atoms with Gasteiger partial charge in [-0.05, 0) is 36.4 Å². The minimum Gasteiger partial charge on any atom is -0.361 e. The van der Waals surface area contributed by atoms with Gasteiger partial charge in [0.05, 0.1) is 0 Å². The molecule has 2 heteroatoms. The van der Waals surface area contributed by atoms with E-state index in [2.05, 4.69) is 72.7 Å². The summed E-state index contributed by atoms with van der Waals surface area (Å²) in [6.07, 6.45) is 2.00. The molecule has 0 radical (unpaired) electrons. The molecule has 2 aromatic carbocycles. The van der Waals surface area contributed by atoms with E-state index in [1.165, 1.54) is 27.6 Å². The Hall–Kier alpha value is -2.06. The minimum atomic E-state index is 0.348. The molecule has 0 aliphatic carbocycles. The molecule has 0 aliphatic rings. The number of hydrogen-bond donors (Lipinski definition) is 2. The fourth-order valence-corrected chi connectivity index (χ4v) is 2.53. The lowest BCUT2D eigenvalue weighted by Crippen LogP contribution is -2.18. The zero-order valence-corrected chi connectivity index (χ0v) is 12.0. The van der Waals surface area contributed by atoms with Gasteiger partial charge in [0, 0.05) is 24.3 Å². The third kappa shape index (κ3) is 2.61.